The van der Waals surface area contributed by atoms with E-state index in [0.717, 1.165) is 0 Å². The molecular formula is BaHfS3. The molecule has 0 spiro atoms. The van der Waals surface area contributed by atoms with Gasteiger partial charge < -0.3 is 40.5 Å². The Morgan fingerprint density at radius 1 is 0.600 bits per heavy atom. The zero-order valence-corrected chi connectivity index (χ0v) is 12.9. The summed E-state index contributed by atoms with van der Waals surface area (Å²) in [6.45, 7) is 0. The normalized spacial score (nSPS) is 0. The fourth-order valence-corrected chi connectivity index (χ4v) is 0. The van der Waals surface area contributed by atoms with Gasteiger partial charge in [-0.05, 0) is 0 Å². The summed E-state index contributed by atoms with van der Waals surface area (Å²) in [5, 5.41) is 0. The third-order valence-corrected chi connectivity index (χ3v) is 0. The van der Waals surface area contributed by atoms with Crippen molar-refractivity contribution >= 4 is 89.4 Å². The van der Waals surface area contributed by atoms with Crippen LogP contribution in [-0.4, -0.2) is 48.9 Å². The van der Waals surface area contributed by atoms with E-state index in [2.05, 4.69) is 0 Å². The van der Waals surface area contributed by atoms with Crippen LogP contribution in [0.5, 0.6) is 0 Å². The van der Waals surface area contributed by atoms with Gasteiger partial charge in [0.1, 0.15) is 0 Å². The van der Waals surface area contributed by atoms with Crippen LogP contribution in [0, 0.1) is 0 Å². The van der Waals surface area contributed by atoms with Crippen molar-refractivity contribution in [3.05, 3.63) is 0 Å². The smallest absolute Gasteiger partial charge is 2.00 e. The Morgan fingerprint density at radius 2 is 0.600 bits per heavy atom. The van der Waals surface area contributed by atoms with Crippen molar-refractivity contribution in [3.63, 3.8) is 0 Å². The molecule has 24 valence electrons. The minimum Gasteiger partial charge on any atom is -2.00 e. The predicted molar refractivity (Wildman–Crippen MR) is 27.8 cm³/mol. The summed E-state index contributed by atoms with van der Waals surface area (Å²) >= 11 is 0. The molecule has 0 saturated heterocycles. The zero-order chi connectivity index (χ0) is 0. The van der Waals surface area contributed by atoms with Gasteiger partial charge in [-0.2, -0.15) is 0 Å². The molecule has 0 saturated carbocycles. The summed E-state index contributed by atoms with van der Waals surface area (Å²) in [6.07, 6.45) is 0. The molecule has 0 radical (unpaired) electrons. The monoisotopic (exact) mass is 414 g/mol. The van der Waals surface area contributed by atoms with Gasteiger partial charge in [0, 0.05) is 0 Å². The summed E-state index contributed by atoms with van der Waals surface area (Å²) in [7, 11) is 0. The Kier molecular flexibility index (Phi) is 202. The van der Waals surface area contributed by atoms with E-state index in [9.17, 15) is 0 Å². The molecule has 0 bridgehead atoms. The molecule has 0 aromatic heterocycles. The fourth-order valence-electron chi connectivity index (χ4n) is 0. The summed E-state index contributed by atoms with van der Waals surface area (Å²) in [6, 6.07) is 0. The van der Waals surface area contributed by atoms with Crippen LogP contribution in [0.1, 0.15) is 0 Å². The number of rotatable bonds is 0. The second kappa shape index (κ2) is 25.9. The van der Waals surface area contributed by atoms with Gasteiger partial charge in [-0.25, -0.2) is 0 Å². The first kappa shape index (κ1) is 39.1. The van der Waals surface area contributed by atoms with Crippen molar-refractivity contribution < 1.29 is 25.8 Å². The van der Waals surface area contributed by atoms with Gasteiger partial charge in [0.15, 0.2) is 0 Å². The van der Waals surface area contributed by atoms with E-state index in [1.807, 2.05) is 0 Å². The quantitative estimate of drug-likeness (QED) is 0.476. The van der Waals surface area contributed by atoms with Crippen molar-refractivity contribution in [2.24, 2.45) is 0 Å². The van der Waals surface area contributed by atoms with E-state index in [0.29, 0.717) is 0 Å². The molecule has 0 heterocycles. The zero-order valence-electron chi connectivity index (χ0n) is 2.43. The Hall–Kier alpha value is 3.49. The van der Waals surface area contributed by atoms with Gasteiger partial charge in [0.2, 0.25) is 0 Å². The maximum Gasteiger partial charge on any atom is 4.00 e. The number of hydrogen-bond donors (Lipinski definition) is 0. The third kappa shape index (κ3) is 18.5. The van der Waals surface area contributed by atoms with Crippen LogP contribution in [-0.2, 0) is 66.3 Å². The molecule has 0 fully saturated rings. The topological polar surface area (TPSA) is 0 Å². The molecule has 0 aliphatic rings. The molecule has 0 atom stereocenters. The standard InChI is InChI=1S/Ba.Hf.3S/q+2;+4;3*-2. The van der Waals surface area contributed by atoms with Crippen molar-refractivity contribution in [3.8, 4) is 0 Å². The second-order valence-corrected chi connectivity index (χ2v) is 0. The van der Waals surface area contributed by atoms with E-state index in [-0.39, 0.29) is 115 Å². The van der Waals surface area contributed by atoms with Gasteiger partial charge in [-0.3, -0.25) is 0 Å². The molecule has 0 N–H and O–H groups in total. The van der Waals surface area contributed by atoms with Crippen LogP contribution in [0.25, 0.3) is 0 Å². The van der Waals surface area contributed by atoms with E-state index in [1.165, 1.54) is 0 Å². The molecule has 0 aromatic rings. The molecule has 0 unspecified atom stereocenters. The largest absolute Gasteiger partial charge is 4.00 e. The average Bonchev–Trinajstić information content (AvgIpc) is 0. The average molecular weight is 412 g/mol. The van der Waals surface area contributed by atoms with Gasteiger partial charge in [0.05, 0.1) is 0 Å². The van der Waals surface area contributed by atoms with Crippen LogP contribution in [0.15, 0.2) is 0 Å². The van der Waals surface area contributed by atoms with Gasteiger partial charge in [0.25, 0.3) is 0 Å². The van der Waals surface area contributed by atoms with Crippen molar-refractivity contribution in [1.82, 2.24) is 0 Å². The van der Waals surface area contributed by atoms with Crippen LogP contribution < -0.4 is 0 Å². The fraction of sp³-hybridized carbons (Fsp3) is 0. The molecule has 0 rings (SSSR count). The van der Waals surface area contributed by atoms with Gasteiger partial charge in [-0.15, -0.1) is 0 Å². The van der Waals surface area contributed by atoms with E-state index >= 15 is 0 Å². The Bertz CT molecular complexity index is 6.85. The summed E-state index contributed by atoms with van der Waals surface area (Å²) in [5.41, 5.74) is 0. The molecule has 0 aliphatic carbocycles. The molecule has 5 heavy (non-hydrogen) atoms. The molecule has 5 heteroatoms. The predicted octanol–water partition coefficient (Wildman–Crippen LogP) is -0.391. The molecule has 0 aliphatic heterocycles. The first-order valence-electron chi connectivity index (χ1n) is 0. The van der Waals surface area contributed by atoms with Crippen molar-refractivity contribution in [2.45, 2.75) is 0 Å². The Labute approximate surface area is 112 Å². The summed E-state index contributed by atoms with van der Waals surface area (Å²) < 4.78 is 0. The maximum absolute atomic E-state index is 0. The van der Waals surface area contributed by atoms with E-state index < -0.39 is 0 Å². The Balaban J connectivity index is 0. The molecule has 0 aromatic carbocycles. The number of hydrogen-bond acceptors (Lipinski definition) is 0. The van der Waals surface area contributed by atoms with E-state index in [1.54, 1.807) is 0 Å². The molecular weight excluding hydrogens is 412 g/mol. The summed E-state index contributed by atoms with van der Waals surface area (Å²) in [5.74, 6) is 0. The first-order valence-corrected chi connectivity index (χ1v) is 0. The second-order valence-electron chi connectivity index (χ2n) is 0. The van der Waals surface area contributed by atoms with Crippen LogP contribution in [0.2, 0.25) is 0 Å². The van der Waals surface area contributed by atoms with Crippen LogP contribution in [0.4, 0.5) is 0 Å². The minimum absolute atomic E-state index is 0. The van der Waals surface area contributed by atoms with Gasteiger partial charge in [-0.1, -0.05) is 0 Å². The maximum atomic E-state index is 0. The third-order valence-electron chi connectivity index (χ3n) is 0. The van der Waals surface area contributed by atoms with Crippen molar-refractivity contribution in [2.75, 3.05) is 0 Å². The van der Waals surface area contributed by atoms with Crippen LogP contribution >= 0.6 is 0 Å². The van der Waals surface area contributed by atoms with Gasteiger partial charge >= 0.3 is 74.7 Å². The summed E-state index contributed by atoms with van der Waals surface area (Å²) in [4.78, 5) is 0. The first-order chi connectivity index (χ1) is 0. The molecule has 0 nitrogen and oxygen atoms in total. The van der Waals surface area contributed by atoms with E-state index in [4.69, 9.17) is 0 Å². The molecule has 0 amide bonds. The van der Waals surface area contributed by atoms with Crippen LogP contribution in [0.3, 0.4) is 0 Å². The minimum atomic E-state index is 0. The van der Waals surface area contributed by atoms with Crippen molar-refractivity contribution in [1.29, 1.82) is 0 Å². The Morgan fingerprint density at radius 3 is 0.600 bits per heavy atom. The SMILES string of the molecule is [Ba+2].[Hf+4].[S-2].[S-2].[S-2].